The molecule has 1 aromatic heterocycles. The Balaban J connectivity index is 1.83. The Morgan fingerprint density at radius 2 is 2.00 bits per heavy atom. The molecule has 2 aromatic carbocycles. The normalized spacial score (nSPS) is 12.6. The smallest absolute Gasteiger partial charge is 0.271 e. The summed E-state index contributed by atoms with van der Waals surface area (Å²) in [5, 5.41) is 17.0. The number of aromatic nitrogens is 2. The predicted octanol–water partition coefficient (Wildman–Crippen LogP) is 2.84. The summed E-state index contributed by atoms with van der Waals surface area (Å²) in [7, 11) is 1.71. The molecule has 0 radical (unpaired) electrons. The van der Waals surface area contributed by atoms with Crippen LogP contribution in [0.1, 0.15) is 31.3 Å². The summed E-state index contributed by atoms with van der Waals surface area (Å²) in [6.07, 6.45) is 0. The van der Waals surface area contributed by atoms with E-state index in [4.69, 9.17) is 4.74 Å². The van der Waals surface area contributed by atoms with Crippen LogP contribution in [0.5, 0.6) is 0 Å². The third-order valence-electron chi connectivity index (χ3n) is 4.92. The van der Waals surface area contributed by atoms with E-state index in [1.54, 1.807) is 27.0 Å². The van der Waals surface area contributed by atoms with Crippen LogP contribution in [0, 0.1) is 10.1 Å². The maximum atomic E-state index is 12.7. The number of ether oxygens (including phenoxy) is 1. The lowest BCUT2D eigenvalue weighted by Gasteiger charge is -2.26. The number of benzene rings is 2. The van der Waals surface area contributed by atoms with Gasteiger partial charge in [-0.15, -0.1) is 0 Å². The molecule has 0 saturated carbocycles. The fourth-order valence-electron chi connectivity index (χ4n) is 2.81. The summed E-state index contributed by atoms with van der Waals surface area (Å²) in [6, 6.07) is 13.5. The van der Waals surface area contributed by atoms with Gasteiger partial charge in [-0.05, 0) is 32.5 Å². The molecule has 0 spiro atoms. The van der Waals surface area contributed by atoms with Crippen molar-refractivity contribution in [3.63, 3.8) is 0 Å². The first-order valence-corrected chi connectivity index (χ1v) is 9.56. The molecule has 1 heterocycles. The zero-order valence-electron chi connectivity index (χ0n) is 17.1. The van der Waals surface area contributed by atoms with E-state index in [1.165, 1.54) is 12.1 Å². The van der Waals surface area contributed by atoms with Crippen molar-refractivity contribution in [1.82, 2.24) is 20.6 Å². The number of non-ortho nitro benzene ring substituents is 1. The Kier molecular flexibility index (Phi) is 6.43. The van der Waals surface area contributed by atoms with E-state index in [0.29, 0.717) is 23.5 Å². The average Bonchev–Trinajstić information content (AvgIpc) is 3.16. The van der Waals surface area contributed by atoms with Gasteiger partial charge in [0, 0.05) is 12.1 Å². The van der Waals surface area contributed by atoms with E-state index in [-0.39, 0.29) is 18.2 Å². The quantitative estimate of drug-likeness (QED) is 0.368. The maximum absolute atomic E-state index is 12.7. The second-order valence-electron chi connectivity index (χ2n) is 7.48. The molecule has 9 heteroatoms. The molecule has 0 aliphatic heterocycles. The predicted molar refractivity (Wildman–Crippen MR) is 113 cm³/mol. The van der Waals surface area contributed by atoms with E-state index < -0.39 is 16.5 Å². The van der Waals surface area contributed by atoms with Gasteiger partial charge in [-0.2, -0.15) is 0 Å². The topological polar surface area (TPSA) is 122 Å². The van der Waals surface area contributed by atoms with Gasteiger partial charge in [-0.1, -0.05) is 30.3 Å². The summed E-state index contributed by atoms with van der Waals surface area (Å²) in [6.45, 7) is 4.11. The number of hydrogen-bond donors (Lipinski definition) is 3. The Hall–Kier alpha value is -3.30. The van der Waals surface area contributed by atoms with Crippen LogP contribution in [-0.4, -0.2) is 40.0 Å². The number of carbonyl (C=O) groups is 1. The molecule has 0 aliphatic rings. The number of aromatic amines is 1. The molecule has 30 heavy (non-hydrogen) atoms. The lowest BCUT2D eigenvalue weighted by atomic mass is 10.0. The highest BCUT2D eigenvalue weighted by Crippen LogP contribution is 2.22. The number of imidazole rings is 1. The minimum absolute atomic E-state index is 0.0325. The molecule has 0 saturated heterocycles. The van der Waals surface area contributed by atoms with Gasteiger partial charge in [0.25, 0.3) is 5.69 Å². The van der Waals surface area contributed by atoms with Gasteiger partial charge in [0.2, 0.25) is 5.91 Å². The van der Waals surface area contributed by atoms with E-state index >= 15 is 0 Å². The first-order valence-electron chi connectivity index (χ1n) is 9.56. The fourth-order valence-corrected chi connectivity index (χ4v) is 2.81. The second-order valence-corrected chi connectivity index (χ2v) is 7.48. The SMILES string of the molecule is CNC(C)(C)C(=O)N[C@H](COCc1ccccc1)c1nc2ccc([N+](=O)[O-])cc2[nH]1. The molecule has 3 N–H and O–H groups in total. The Bertz CT molecular complexity index is 1030. The van der Waals surface area contributed by atoms with E-state index in [9.17, 15) is 14.9 Å². The van der Waals surface area contributed by atoms with Crippen molar-refractivity contribution in [2.75, 3.05) is 13.7 Å². The van der Waals surface area contributed by atoms with Gasteiger partial charge >= 0.3 is 0 Å². The van der Waals surface area contributed by atoms with Crippen molar-refractivity contribution in [3.8, 4) is 0 Å². The average molecular weight is 411 g/mol. The lowest BCUT2D eigenvalue weighted by molar-refractivity contribution is -0.384. The Labute approximate surface area is 174 Å². The minimum atomic E-state index is -0.789. The molecule has 0 bridgehead atoms. The van der Waals surface area contributed by atoms with Crippen LogP contribution in [0.2, 0.25) is 0 Å². The van der Waals surface area contributed by atoms with Crippen molar-refractivity contribution >= 4 is 22.6 Å². The van der Waals surface area contributed by atoms with Crippen molar-refractivity contribution in [2.24, 2.45) is 0 Å². The number of nitrogens with one attached hydrogen (secondary N) is 3. The van der Waals surface area contributed by atoms with Crippen LogP contribution >= 0.6 is 0 Å². The van der Waals surface area contributed by atoms with Crippen LogP contribution in [0.4, 0.5) is 5.69 Å². The number of rotatable bonds is 9. The first kappa shape index (κ1) is 21.4. The van der Waals surface area contributed by atoms with Gasteiger partial charge in [-0.25, -0.2) is 4.98 Å². The number of fused-ring (bicyclic) bond motifs is 1. The summed E-state index contributed by atoms with van der Waals surface area (Å²) in [5.74, 6) is 0.253. The molecule has 1 amide bonds. The lowest BCUT2D eigenvalue weighted by Crippen LogP contribution is -2.52. The van der Waals surface area contributed by atoms with Crippen molar-refractivity contribution < 1.29 is 14.5 Å². The number of hydrogen-bond acceptors (Lipinski definition) is 6. The number of nitro benzene ring substituents is 1. The number of likely N-dealkylation sites (N-methyl/N-ethyl adjacent to an activating group) is 1. The summed E-state index contributed by atoms with van der Waals surface area (Å²) >= 11 is 0. The van der Waals surface area contributed by atoms with Crippen LogP contribution in [0.25, 0.3) is 11.0 Å². The molecule has 1 atom stereocenters. The summed E-state index contributed by atoms with van der Waals surface area (Å²) in [4.78, 5) is 30.9. The zero-order chi connectivity index (χ0) is 21.7. The molecule has 0 unspecified atom stereocenters. The summed E-state index contributed by atoms with van der Waals surface area (Å²) < 4.78 is 5.84. The number of amides is 1. The van der Waals surface area contributed by atoms with Crippen molar-refractivity contribution in [3.05, 3.63) is 70.0 Å². The largest absolute Gasteiger partial charge is 0.374 e. The van der Waals surface area contributed by atoms with Crippen molar-refractivity contribution in [1.29, 1.82) is 0 Å². The molecule has 3 aromatic rings. The van der Waals surface area contributed by atoms with Crippen LogP contribution < -0.4 is 10.6 Å². The molecule has 0 fully saturated rings. The van der Waals surface area contributed by atoms with E-state index in [0.717, 1.165) is 5.56 Å². The first-order chi connectivity index (χ1) is 14.3. The monoisotopic (exact) mass is 411 g/mol. The van der Waals surface area contributed by atoms with E-state index in [1.807, 2.05) is 30.3 Å². The zero-order valence-corrected chi connectivity index (χ0v) is 17.1. The molecule has 0 aliphatic carbocycles. The highest BCUT2D eigenvalue weighted by Gasteiger charge is 2.29. The fraction of sp³-hybridized carbons (Fsp3) is 0.333. The van der Waals surface area contributed by atoms with Crippen molar-refractivity contribution in [2.45, 2.75) is 32.0 Å². The van der Waals surface area contributed by atoms with Crippen LogP contribution in [0.3, 0.4) is 0 Å². The van der Waals surface area contributed by atoms with Gasteiger partial charge < -0.3 is 20.4 Å². The number of carbonyl (C=O) groups excluding carboxylic acids is 1. The molecular formula is C21H25N5O4. The van der Waals surface area contributed by atoms with Crippen LogP contribution in [-0.2, 0) is 16.1 Å². The van der Waals surface area contributed by atoms with Gasteiger partial charge in [0.1, 0.15) is 11.9 Å². The third kappa shape index (κ3) is 5.00. The van der Waals surface area contributed by atoms with Gasteiger partial charge in [0.15, 0.2) is 0 Å². The number of H-pyrrole nitrogens is 1. The molecule has 9 nitrogen and oxygen atoms in total. The minimum Gasteiger partial charge on any atom is -0.374 e. The number of nitro groups is 1. The van der Waals surface area contributed by atoms with Gasteiger partial charge in [-0.3, -0.25) is 14.9 Å². The Morgan fingerprint density at radius 1 is 1.27 bits per heavy atom. The summed E-state index contributed by atoms with van der Waals surface area (Å²) in [5.41, 5.74) is 1.29. The second kappa shape index (κ2) is 9.02. The molecular weight excluding hydrogens is 386 g/mol. The standard InChI is InChI=1S/C21H25N5O4/c1-21(2,22-3)20(27)25-18(13-30-12-14-7-5-4-6-8-14)19-23-16-10-9-15(26(28)29)11-17(16)24-19/h4-11,18,22H,12-13H2,1-3H3,(H,23,24)(H,25,27)/t18-/m1/s1. The van der Waals surface area contributed by atoms with Crippen LogP contribution in [0.15, 0.2) is 48.5 Å². The highest BCUT2D eigenvalue weighted by atomic mass is 16.6. The highest BCUT2D eigenvalue weighted by molar-refractivity contribution is 5.86. The molecule has 3 rings (SSSR count). The van der Waals surface area contributed by atoms with Gasteiger partial charge in [0.05, 0.1) is 34.7 Å². The Morgan fingerprint density at radius 3 is 2.67 bits per heavy atom. The third-order valence-corrected chi connectivity index (χ3v) is 4.92. The molecule has 158 valence electrons. The van der Waals surface area contributed by atoms with E-state index in [2.05, 4.69) is 20.6 Å². The number of nitrogens with zero attached hydrogens (tertiary/aromatic N) is 2. The maximum Gasteiger partial charge on any atom is 0.271 e.